The summed E-state index contributed by atoms with van der Waals surface area (Å²) in [4.78, 5) is 61.4. The van der Waals surface area contributed by atoms with Crippen LogP contribution in [0, 0.1) is 0 Å². The molecule has 0 aromatic rings. The van der Waals surface area contributed by atoms with Gasteiger partial charge in [-0.25, -0.2) is 4.57 Å². The Bertz CT molecular complexity index is 2980. The average molecular weight is 1630 g/mol. The number of quaternary nitrogens is 1. The van der Waals surface area contributed by atoms with Crippen molar-refractivity contribution in [2.45, 2.75) is 280 Å². The molecule has 0 aromatic heterocycles. The Balaban J connectivity index is 1.06. The average Bonchev–Trinajstić information content (AvgIpc) is 0.777. The molecule has 0 spiro atoms. The van der Waals surface area contributed by atoms with Crippen molar-refractivity contribution in [2.75, 3.05) is 80.5 Å². The summed E-state index contributed by atoms with van der Waals surface area (Å²) in [6.07, 6.45) is -72.0. The van der Waals surface area contributed by atoms with Gasteiger partial charge < -0.3 is 204 Å². The Labute approximate surface area is 627 Å². The number of phosphoric acid groups is 1. The van der Waals surface area contributed by atoms with Crippen LogP contribution in [0.2, 0.25) is 0 Å². The van der Waals surface area contributed by atoms with Crippen LogP contribution in [-0.4, -0.2) is 461 Å². The van der Waals surface area contributed by atoms with Gasteiger partial charge >= 0.3 is 7.82 Å². The molecule has 0 saturated carbocycles. The summed E-state index contributed by atoms with van der Waals surface area (Å²) in [6, 6.07) is -7.29. The molecule has 49 heteroatoms. The van der Waals surface area contributed by atoms with Crippen LogP contribution in [0.15, 0.2) is 0 Å². The minimum Gasteiger partial charge on any atom is -0.394 e. The van der Waals surface area contributed by atoms with Crippen molar-refractivity contribution in [3.63, 3.8) is 0 Å². The van der Waals surface area contributed by atoms with Crippen molar-refractivity contribution >= 4 is 31.5 Å². The van der Waals surface area contributed by atoms with Crippen molar-refractivity contribution < 1.29 is 215 Å². The Kier molecular flexibility index (Phi) is 33.2. The van der Waals surface area contributed by atoms with E-state index >= 15 is 0 Å². The molecule has 4 amide bonds. The summed E-state index contributed by atoms with van der Waals surface area (Å²) >= 11 is 0. The van der Waals surface area contributed by atoms with Gasteiger partial charge in [-0.3, -0.25) is 28.2 Å². The van der Waals surface area contributed by atoms with Crippen molar-refractivity contribution in [3.05, 3.63) is 0 Å². The predicted molar refractivity (Wildman–Crippen MR) is 347 cm³/mol. The molecule has 8 rings (SSSR count). The van der Waals surface area contributed by atoms with E-state index in [0.717, 1.165) is 27.7 Å². The van der Waals surface area contributed by atoms with Crippen LogP contribution in [-0.2, 0) is 104 Å². The van der Waals surface area contributed by atoms with Crippen molar-refractivity contribution in [1.82, 2.24) is 21.3 Å². The number of hydrogen-bond acceptors (Lipinski definition) is 42. The topological polar surface area (TPSA) is 715 Å². The van der Waals surface area contributed by atoms with Gasteiger partial charge in [0.15, 0.2) is 50.3 Å². The van der Waals surface area contributed by atoms with Crippen LogP contribution in [0.1, 0.15) is 34.6 Å². The standard InChI is InChI=1S/C61H106N5O43P/c1-18-34(75)43(84)46(87)58(97-18)93-16-29-51(40(81)30(54(90)98-29)62-19(2)71)106-56-32(64-21(4)73)42(83)50(26(14-70)101-56)107-60-48(89)52(108-59-47(88)44(85)35(76)23(11-67)99-59)38(79)27(104-60)15-94-61-53(45(86)36(77)24(12-68)100-61)109-57-33(65-22(5)74)41(82)49(25(13-69)102-57)105-55-31(63-20(3)72)39(80)37(78)28(103-55)17-96-110(91,92)95-10-9-66(6,7)8/h18,23-61,67-70,75-90H,9-17H2,1-8H3,(H4-,62,63,64,65,71,72,73,74,91,92)/p+1/t18-,23+,24+,25+,26+,27+,28+,29+,30+,31+,32+,33+,34+,35+,36+,37-,38+,39+,40+,41+,42+,43+,44-,45-,46-,47-,48-,49+,50+,51+,52-,53-,54+,55-,56-,57-,58+,59+,60-,61-/m0/s1. The van der Waals surface area contributed by atoms with E-state index < -0.39 is 323 Å². The molecule has 48 nitrogen and oxygen atoms in total. The van der Waals surface area contributed by atoms with Crippen LogP contribution in [0.25, 0.3) is 0 Å². The molecule has 638 valence electrons. The van der Waals surface area contributed by atoms with Gasteiger partial charge in [-0.1, -0.05) is 0 Å². The van der Waals surface area contributed by atoms with Crippen molar-refractivity contribution in [1.29, 1.82) is 0 Å². The molecule has 0 aromatic carbocycles. The number of aliphatic hydroxyl groups is 20. The molecule has 0 radical (unpaired) electrons. The minimum atomic E-state index is -4.88. The fourth-order valence-corrected chi connectivity index (χ4v) is 14.2. The second-order valence-electron chi connectivity index (χ2n) is 28.8. The van der Waals surface area contributed by atoms with E-state index in [1.54, 1.807) is 21.1 Å². The van der Waals surface area contributed by atoms with Crippen LogP contribution in [0.4, 0.5) is 0 Å². The van der Waals surface area contributed by atoms with Crippen molar-refractivity contribution in [3.8, 4) is 0 Å². The molecule has 8 aliphatic rings. The van der Waals surface area contributed by atoms with Crippen molar-refractivity contribution in [2.24, 2.45) is 0 Å². The van der Waals surface area contributed by atoms with Gasteiger partial charge in [-0.2, -0.15) is 0 Å². The monoisotopic (exact) mass is 1630 g/mol. The molecule has 110 heavy (non-hydrogen) atoms. The Hall–Kier alpha value is -3.45. The summed E-state index contributed by atoms with van der Waals surface area (Å²) in [5.41, 5.74) is 0. The first kappa shape index (κ1) is 92.1. The number of aliphatic hydroxyl groups excluding tert-OH is 20. The normalized spacial score (nSPS) is 46.1. The highest BCUT2D eigenvalue weighted by Crippen LogP contribution is 2.45. The molecular weight excluding hydrogens is 1520 g/mol. The number of nitrogens with one attached hydrogen (secondary N) is 4. The minimum absolute atomic E-state index is 0.240. The molecule has 8 fully saturated rings. The molecule has 41 atom stereocenters. The first-order chi connectivity index (χ1) is 51.5. The third kappa shape index (κ3) is 22.2. The lowest BCUT2D eigenvalue weighted by Gasteiger charge is -2.50. The summed E-state index contributed by atoms with van der Waals surface area (Å²) < 4.78 is 112. The number of rotatable bonds is 31. The van der Waals surface area contributed by atoms with Crippen LogP contribution in [0.3, 0.4) is 0 Å². The lowest BCUT2D eigenvalue weighted by molar-refractivity contribution is -0.870. The summed E-state index contributed by atoms with van der Waals surface area (Å²) in [5, 5.41) is 233. The van der Waals surface area contributed by atoms with Gasteiger partial charge in [0.25, 0.3) is 0 Å². The predicted octanol–water partition coefficient (Wildman–Crippen LogP) is -16.0. The van der Waals surface area contributed by atoms with Gasteiger partial charge in [0.1, 0.15) is 202 Å². The molecule has 0 bridgehead atoms. The maximum absolute atomic E-state index is 13.0. The van der Waals surface area contributed by atoms with Gasteiger partial charge in [-0.05, 0) is 6.92 Å². The highest BCUT2D eigenvalue weighted by molar-refractivity contribution is 7.47. The number of phosphoric ester groups is 1. The number of ether oxygens (including phenoxy) is 15. The molecule has 1 unspecified atom stereocenters. The maximum Gasteiger partial charge on any atom is 0.472 e. The summed E-state index contributed by atoms with van der Waals surface area (Å²) in [6.45, 7) is -2.10. The van der Waals surface area contributed by atoms with Crippen LogP contribution >= 0.6 is 7.82 Å². The fourth-order valence-electron chi connectivity index (χ4n) is 13.4. The van der Waals surface area contributed by atoms with Gasteiger partial charge in [0, 0.05) is 27.7 Å². The second kappa shape index (κ2) is 39.7. The van der Waals surface area contributed by atoms with E-state index in [-0.39, 0.29) is 13.2 Å². The number of amides is 4. The smallest absolute Gasteiger partial charge is 0.394 e. The lowest BCUT2D eigenvalue weighted by Crippen LogP contribution is -2.70. The number of hydrogen-bond donors (Lipinski definition) is 25. The Morgan fingerprint density at radius 3 is 1.22 bits per heavy atom. The summed E-state index contributed by atoms with van der Waals surface area (Å²) in [5.74, 6) is -3.51. The first-order valence-corrected chi connectivity index (χ1v) is 36.6. The summed E-state index contributed by atoms with van der Waals surface area (Å²) in [7, 11) is 0.433. The highest BCUT2D eigenvalue weighted by atomic mass is 31.2. The van der Waals surface area contributed by atoms with Crippen LogP contribution < -0.4 is 21.3 Å². The van der Waals surface area contributed by atoms with Gasteiger partial charge in [-0.15, -0.1) is 0 Å². The van der Waals surface area contributed by atoms with E-state index in [9.17, 15) is 131 Å². The van der Waals surface area contributed by atoms with E-state index in [1.165, 1.54) is 6.92 Å². The highest BCUT2D eigenvalue weighted by Gasteiger charge is 2.60. The number of carbonyl (C=O) groups excluding carboxylic acids is 4. The Morgan fingerprint density at radius 1 is 0.345 bits per heavy atom. The van der Waals surface area contributed by atoms with Crippen LogP contribution in [0.5, 0.6) is 0 Å². The number of likely N-dealkylation sites (N-methyl/N-ethyl adjacent to an activating group) is 1. The van der Waals surface area contributed by atoms with E-state index in [2.05, 4.69) is 21.3 Å². The fraction of sp³-hybridized carbons (Fsp3) is 0.934. The molecule has 25 N–H and O–H groups in total. The van der Waals surface area contributed by atoms with Gasteiger partial charge in [0.2, 0.25) is 23.6 Å². The van der Waals surface area contributed by atoms with Gasteiger partial charge in [0.05, 0.1) is 73.5 Å². The Morgan fingerprint density at radius 2 is 0.709 bits per heavy atom. The first-order valence-electron chi connectivity index (χ1n) is 35.1. The third-order valence-electron chi connectivity index (χ3n) is 19.4. The largest absolute Gasteiger partial charge is 0.472 e. The third-order valence-corrected chi connectivity index (χ3v) is 20.4. The van der Waals surface area contributed by atoms with E-state index in [4.69, 9.17) is 80.1 Å². The molecule has 8 aliphatic heterocycles. The SMILES string of the molecule is CC(=O)N[C@@H]1[C@@H](O)[C@H](O[C@@H]2O[C@H](CO)[C@@H](O[C@@H]3O[C@H](CO[C@H]4O[C@H](CO)[C@@H](O)[C@H](O)[C@@H]4O[C@@H]4O[C@H](CO)[C@@H](O[C@@H]5O[C@H](COP(=O)(O)OCC[N+](C)(C)C)[C@H](O)[C@H](O)[C@H]5NC(C)=O)[C@H](O)[C@H]4NC(C)=O)[C@@H](O)[C@H](O[C@H]4O[C@H](CO)[C@@H](O)[C@H](O)[C@@H]4O)[C@@H]3O)[C@H](O)[C@H]2NC(C)=O)[C@@H](CO[C@@H]2O[C@@H](C)[C@@H](O)[C@@H](O)[C@@H]2O)O[C@H]1O. The second-order valence-corrected chi connectivity index (χ2v) is 30.3. The van der Waals surface area contributed by atoms with E-state index in [1.807, 2.05) is 0 Å². The zero-order chi connectivity index (χ0) is 81.6. The molecule has 8 heterocycles. The quantitative estimate of drug-likeness (QED) is 0.0226. The zero-order valence-corrected chi connectivity index (χ0v) is 61.6. The molecular formula is C61H107N5O43P+. The number of nitrogens with zero attached hydrogens (tertiary/aromatic N) is 1. The zero-order valence-electron chi connectivity index (χ0n) is 60.7. The molecule has 0 aliphatic carbocycles. The maximum atomic E-state index is 13.0. The molecule has 8 saturated heterocycles. The number of carbonyl (C=O) groups is 4. The van der Waals surface area contributed by atoms with E-state index in [0.29, 0.717) is 4.48 Å². The lowest BCUT2D eigenvalue weighted by atomic mass is 9.93.